The number of nitrogens with zero attached hydrogens (tertiary/aromatic N) is 1. The molecule has 1 amide bonds. The van der Waals surface area contributed by atoms with Gasteiger partial charge in [-0.15, -0.1) is 0 Å². The maximum atomic E-state index is 13.2. The van der Waals surface area contributed by atoms with Crippen molar-refractivity contribution in [1.82, 2.24) is 15.3 Å². The zero-order chi connectivity index (χ0) is 26.6. The van der Waals surface area contributed by atoms with Crippen LogP contribution >= 0.6 is 0 Å². The van der Waals surface area contributed by atoms with Gasteiger partial charge in [0, 0.05) is 29.7 Å². The first kappa shape index (κ1) is 26.1. The Hall–Kier alpha value is -3.93. The lowest BCUT2D eigenvalue weighted by molar-refractivity contribution is -0.154. The second kappa shape index (κ2) is 11.0. The monoisotopic (exact) mass is 497 g/mol. The van der Waals surface area contributed by atoms with Crippen molar-refractivity contribution in [2.24, 2.45) is 0 Å². The predicted octanol–water partition coefficient (Wildman–Crippen LogP) is 5.90. The maximum absolute atomic E-state index is 13.2. The third-order valence-corrected chi connectivity index (χ3v) is 6.24. The summed E-state index contributed by atoms with van der Waals surface area (Å²) in [6, 6.07) is 17.6. The molecular formula is C31H35N3O3. The number of esters is 1. The van der Waals surface area contributed by atoms with Crippen LogP contribution in [0, 0.1) is 13.8 Å². The van der Waals surface area contributed by atoms with Crippen LogP contribution in [0.5, 0.6) is 0 Å². The van der Waals surface area contributed by atoms with E-state index in [1.807, 2.05) is 63.4 Å². The molecule has 1 atom stereocenters. The van der Waals surface area contributed by atoms with E-state index >= 15 is 0 Å². The number of carbonyl (C=O) groups is 2. The summed E-state index contributed by atoms with van der Waals surface area (Å²) in [5, 5.41) is 4.22. The Morgan fingerprint density at radius 2 is 1.86 bits per heavy atom. The molecule has 0 bridgehead atoms. The largest absolute Gasteiger partial charge is 0.460 e. The van der Waals surface area contributed by atoms with Crippen LogP contribution in [0.1, 0.15) is 66.7 Å². The van der Waals surface area contributed by atoms with Crippen molar-refractivity contribution in [3.8, 4) is 0 Å². The van der Waals surface area contributed by atoms with E-state index in [-0.39, 0.29) is 24.3 Å². The lowest BCUT2D eigenvalue weighted by atomic mass is 9.96. The number of carbonyl (C=O) groups excluding carboxylic acids is 2. The van der Waals surface area contributed by atoms with Crippen molar-refractivity contribution in [3.05, 3.63) is 101 Å². The molecule has 2 aromatic heterocycles. The van der Waals surface area contributed by atoms with Crippen molar-refractivity contribution < 1.29 is 14.3 Å². The minimum absolute atomic E-state index is 0.0826. The lowest BCUT2D eigenvalue weighted by Gasteiger charge is -2.21. The highest BCUT2D eigenvalue weighted by Crippen LogP contribution is 2.26. The number of ether oxygens (including phenoxy) is 1. The van der Waals surface area contributed by atoms with Crippen LogP contribution in [-0.2, 0) is 27.2 Å². The molecule has 0 saturated carbocycles. The second-order valence-electron chi connectivity index (χ2n) is 10.6. The maximum Gasteiger partial charge on any atom is 0.306 e. The molecule has 0 aliphatic carbocycles. The van der Waals surface area contributed by atoms with E-state index in [2.05, 4.69) is 47.3 Å². The third kappa shape index (κ3) is 6.85. The van der Waals surface area contributed by atoms with Gasteiger partial charge in [0.1, 0.15) is 5.60 Å². The summed E-state index contributed by atoms with van der Waals surface area (Å²) in [7, 11) is 0. The van der Waals surface area contributed by atoms with Crippen molar-refractivity contribution >= 4 is 22.8 Å². The Bertz CT molecular complexity index is 1400. The van der Waals surface area contributed by atoms with Crippen LogP contribution in [0.4, 0.5) is 0 Å². The van der Waals surface area contributed by atoms with Gasteiger partial charge in [0.2, 0.25) is 5.91 Å². The molecular weight excluding hydrogens is 462 g/mol. The summed E-state index contributed by atoms with van der Waals surface area (Å²) in [5.74, 6) is -0.301. The number of amides is 1. The summed E-state index contributed by atoms with van der Waals surface area (Å²) in [6.45, 7) is 9.72. The Labute approximate surface area is 218 Å². The SMILES string of the molecule is Cc1ccc(C(NC(=O)Cc2ccc3[nH]cc(CCC(=O)OC(C)(C)C)c3c2)c2ccccn2)c(C)c1. The van der Waals surface area contributed by atoms with Gasteiger partial charge >= 0.3 is 5.97 Å². The fraction of sp³-hybridized carbons (Fsp3) is 0.323. The summed E-state index contributed by atoms with van der Waals surface area (Å²) < 4.78 is 5.44. The third-order valence-electron chi connectivity index (χ3n) is 6.24. The van der Waals surface area contributed by atoms with E-state index < -0.39 is 5.60 Å². The van der Waals surface area contributed by atoms with Gasteiger partial charge < -0.3 is 15.0 Å². The number of pyridine rings is 1. The average molecular weight is 498 g/mol. The second-order valence-corrected chi connectivity index (χ2v) is 10.6. The van der Waals surface area contributed by atoms with Gasteiger partial charge in [0.05, 0.1) is 18.2 Å². The number of H-pyrrole nitrogens is 1. The molecule has 6 heteroatoms. The Morgan fingerprint density at radius 1 is 1.05 bits per heavy atom. The number of benzene rings is 2. The van der Waals surface area contributed by atoms with Crippen LogP contribution < -0.4 is 5.32 Å². The van der Waals surface area contributed by atoms with Crippen molar-refractivity contribution in [3.63, 3.8) is 0 Å². The van der Waals surface area contributed by atoms with Gasteiger partial charge in [-0.3, -0.25) is 14.6 Å². The highest BCUT2D eigenvalue weighted by atomic mass is 16.6. The summed E-state index contributed by atoms with van der Waals surface area (Å²) >= 11 is 0. The van der Waals surface area contributed by atoms with Crippen LogP contribution in [0.25, 0.3) is 10.9 Å². The number of aromatic amines is 1. The van der Waals surface area contributed by atoms with Gasteiger partial charge in [-0.05, 0) is 87.6 Å². The number of aromatic nitrogens is 2. The standard InChI is InChI=1S/C31H35N3O3/c1-20-9-12-24(21(2)16-20)30(27-8-6-7-15-32-27)34-28(35)18-22-10-13-26-25(17-22)23(19-33-26)11-14-29(36)37-31(3,4)5/h6-10,12-13,15-17,19,30,33H,11,14,18H2,1-5H3,(H,34,35). The molecule has 2 N–H and O–H groups in total. The van der Waals surface area contributed by atoms with E-state index in [4.69, 9.17) is 4.74 Å². The Balaban J connectivity index is 1.50. The summed E-state index contributed by atoms with van der Waals surface area (Å²) in [4.78, 5) is 33.2. The summed E-state index contributed by atoms with van der Waals surface area (Å²) in [6.07, 6.45) is 4.78. The van der Waals surface area contributed by atoms with Gasteiger partial charge in [-0.2, -0.15) is 0 Å². The first-order valence-corrected chi connectivity index (χ1v) is 12.7. The molecule has 0 fully saturated rings. The van der Waals surface area contributed by atoms with Crippen molar-refractivity contribution in [2.45, 2.75) is 65.5 Å². The van der Waals surface area contributed by atoms with Crippen molar-refractivity contribution in [2.75, 3.05) is 0 Å². The zero-order valence-electron chi connectivity index (χ0n) is 22.2. The Morgan fingerprint density at radius 3 is 2.57 bits per heavy atom. The van der Waals surface area contributed by atoms with Gasteiger partial charge in [-0.1, -0.05) is 35.9 Å². The number of nitrogens with one attached hydrogen (secondary N) is 2. The quantitative estimate of drug-likeness (QED) is 0.297. The van der Waals surface area contributed by atoms with Crippen LogP contribution in [0.15, 0.2) is 67.0 Å². The molecule has 0 aliphatic rings. The molecule has 192 valence electrons. The molecule has 2 aromatic carbocycles. The smallest absolute Gasteiger partial charge is 0.306 e. The Kier molecular flexibility index (Phi) is 7.77. The zero-order valence-corrected chi connectivity index (χ0v) is 22.2. The fourth-order valence-electron chi connectivity index (χ4n) is 4.58. The minimum Gasteiger partial charge on any atom is -0.460 e. The van der Waals surface area contributed by atoms with E-state index in [1.54, 1.807) is 6.20 Å². The number of aryl methyl sites for hydroxylation is 3. The van der Waals surface area contributed by atoms with Crippen LogP contribution in [-0.4, -0.2) is 27.4 Å². The molecule has 0 aliphatic heterocycles. The number of hydrogen-bond donors (Lipinski definition) is 2. The van der Waals surface area contributed by atoms with Gasteiger partial charge in [0.25, 0.3) is 0 Å². The molecule has 0 spiro atoms. The number of fused-ring (bicyclic) bond motifs is 1. The van der Waals surface area contributed by atoms with E-state index in [1.165, 1.54) is 5.56 Å². The normalized spacial score (nSPS) is 12.4. The molecule has 1 unspecified atom stereocenters. The van der Waals surface area contributed by atoms with E-state index in [0.717, 1.165) is 38.9 Å². The number of rotatable bonds is 8. The number of hydrogen-bond acceptors (Lipinski definition) is 4. The van der Waals surface area contributed by atoms with E-state index in [0.29, 0.717) is 12.8 Å². The first-order chi connectivity index (χ1) is 17.6. The summed E-state index contributed by atoms with van der Waals surface area (Å²) in [5.41, 5.74) is 6.53. The predicted molar refractivity (Wildman–Crippen MR) is 146 cm³/mol. The average Bonchev–Trinajstić information content (AvgIpc) is 3.23. The first-order valence-electron chi connectivity index (χ1n) is 12.7. The molecule has 4 aromatic rings. The van der Waals surface area contributed by atoms with Gasteiger partial charge in [-0.25, -0.2) is 0 Å². The van der Waals surface area contributed by atoms with E-state index in [9.17, 15) is 9.59 Å². The fourth-order valence-corrected chi connectivity index (χ4v) is 4.58. The van der Waals surface area contributed by atoms with Crippen molar-refractivity contribution in [1.29, 1.82) is 0 Å². The molecule has 2 heterocycles. The molecule has 0 radical (unpaired) electrons. The van der Waals surface area contributed by atoms with Crippen LogP contribution in [0.3, 0.4) is 0 Å². The molecule has 0 saturated heterocycles. The minimum atomic E-state index is -0.498. The lowest BCUT2D eigenvalue weighted by Crippen LogP contribution is -2.31. The molecule has 37 heavy (non-hydrogen) atoms. The topological polar surface area (TPSA) is 84.1 Å². The molecule has 4 rings (SSSR count). The van der Waals surface area contributed by atoms with Gasteiger partial charge in [0.15, 0.2) is 0 Å². The highest BCUT2D eigenvalue weighted by Gasteiger charge is 2.21. The highest BCUT2D eigenvalue weighted by molar-refractivity contribution is 5.86. The van der Waals surface area contributed by atoms with Crippen LogP contribution in [0.2, 0.25) is 0 Å². The molecule has 6 nitrogen and oxygen atoms in total.